The smallest absolute Gasteiger partial charge is 0.269 e. The second-order valence-electron chi connectivity index (χ2n) is 8.73. The summed E-state index contributed by atoms with van der Waals surface area (Å²) >= 11 is 6.10. The van der Waals surface area contributed by atoms with E-state index in [2.05, 4.69) is 9.80 Å². The summed E-state index contributed by atoms with van der Waals surface area (Å²) in [7, 11) is 0. The lowest BCUT2D eigenvalue weighted by Crippen LogP contribution is -2.59. The summed E-state index contributed by atoms with van der Waals surface area (Å²) < 4.78 is 0. The van der Waals surface area contributed by atoms with Crippen LogP contribution in [0.2, 0.25) is 0 Å². The maximum atomic E-state index is 11.3. The highest BCUT2D eigenvalue weighted by molar-refractivity contribution is 7.80. The third-order valence-corrected chi connectivity index (χ3v) is 7.27. The average molecular weight is 471 g/mol. The number of nitro benzene ring substituents is 1. The van der Waals surface area contributed by atoms with Gasteiger partial charge in [0.1, 0.15) is 11.3 Å². The highest BCUT2D eigenvalue weighted by Gasteiger charge is 2.69. The van der Waals surface area contributed by atoms with E-state index in [1.54, 1.807) is 16.9 Å². The van der Waals surface area contributed by atoms with Gasteiger partial charge in [0.2, 0.25) is 5.69 Å². The molecule has 0 radical (unpaired) electrons. The van der Waals surface area contributed by atoms with E-state index in [9.17, 15) is 10.1 Å². The molecule has 170 valence electrons. The Bertz CT molecular complexity index is 1300. The Balaban J connectivity index is 1.56. The van der Waals surface area contributed by atoms with Gasteiger partial charge in [-0.15, -0.1) is 4.81 Å². The molecular formula is C25H22N6O2S. The molecule has 34 heavy (non-hydrogen) atoms. The summed E-state index contributed by atoms with van der Waals surface area (Å²) in [5.41, 5.74) is 6.41. The van der Waals surface area contributed by atoms with Crippen molar-refractivity contribution < 1.29 is 9.73 Å². The average Bonchev–Trinajstić information content (AvgIpc) is 3.32. The van der Waals surface area contributed by atoms with Crippen molar-refractivity contribution in [3.05, 3.63) is 100 Å². The number of azo groups is 1. The van der Waals surface area contributed by atoms with Crippen LogP contribution in [0.4, 0.5) is 22.7 Å². The zero-order valence-electron chi connectivity index (χ0n) is 18.3. The van der Waals surface area contributed by atoms with Crippen molar-refractivity contribution in [1.82, 2.24) is 0 Å². The van der Waals surface area contributed by atoms with Crippen LogP contribution in [0, 0.1) is 10.1 Å². The fraction of sp³-hybridized carbons (Fsp3) is 0.240. The van der Waals surface area contributed by atoms with Gasteiger partial charge in [0.25, 0.3) is 5.69 Å². The van der Waals surface area contributed by atoms with Gasteiger partial charge in [-0.3, -0.25) is 10.1 Å². The van der Waals surface area contributed by atoms with Crippen LogP contribution in [0.3, 0.4) is 0 Å². The first-order chi connectivity index (χ1) is 16.6. The van der Waals surface area contributed by atoms with Crippen LogP contribution in [0.25, 0.3) is 5.43 Å². The van der Waals surface area contributed by atoms with Crippen molar-refractivity contribution in [2.75, 3.05) is 9.80 Å². The zero-order chi connectivity index (χ0) is 23.3. The molecule has 1 saturated carbocycles. The number of hydrogen-bond acceptors (Lipinski definition) is 4. The SMILES string of the molecule is O=[N+]([O-])c1ccc(N2C(=S)N(c3ccccc3)[C@@]34CCCC[C@@]23[N-][N+](c2ccccc2)=N4)cc1. The van der Waals surface area contributed by atoms with Gasteiger partial charge in [0.05, 0.1) is 4.92 Å². The number of para-hydroxylation sites is 2. The minimum absolute atomic E-state index is 0.0418. The van der Waals surface area contributed by atoms with Gasteiger partial charge in [-0.05, 0) is 49.3 Å². The van der Waals surface area contributed by atoms with Gasteiger partial charge in [0, 0.05) is 35.6 Å². The fourth-order valence-electron chi connectivity index (χ4n) is 5.45. The molecule has 8 nitrogen and oxygen atoms in total. The summed E-state index contributed by atoms with van der Waals surface area (Å²) in [6.45, 7) is 0. The van der Waals surface area contributed by atoms with Crippen molar-refractivity contribution in [2.24, 2.45) is 5.11 Å². The van der Waals surface area contributed by atoms with Crippen LogP contribution < -0.4 is 9.80 Å². The first-order valence-corrected chi connectivity index (χ1v) is 11.7. The standard InChI is InChI=1S/C25H22N6O2S/c32-31(33)22-15-13-20(14-16-22)29-23(34)28(19-9-3-1-4-10-19)24-17-7-8-18-25(24,29)27-30(26-24)21-11-5-2-6-12-21/h1-6,9-16H,7-8,17-18H2/t24-,25+/m0/s1. The zero-order valence-corrected chi connectivity index (χ0v) is 19.1. The first-order valence-electron chi connectivity index (χ1n) is 11.3. The minimum atomic E-state index is -0.760. The van der Waals surface area contributed by atoms with E-state index in [-0.39, 0.29) is 5.69 Å². The molecule has 0 spiro atoms. The molecule has 2 atom stereocenters. The van der Waals surface area contributed by atoms with Crippen molar-refractivity contribution in [3.63, 3.8) is 0 Å². The monoisotopic (exact) mass is 470 g/mol. The van der Waals surface area contributed by atoms with Gasteiger partial charge in [0.15, 0.2) is 5.11 Å². The van der Waals surface area contributed by atoms with Crippen molar-refractivity contribution in [3.8, 4) is 0 Å². The third kappa shape index (κ3) is 2.80. The number of nitro groups is 1. The molecule has 0 N–H and O–H groups in total. The number of thiocarbonyl (C=S) groups is 1. The van der Waals surface area contributed by atoms with E-state index in [1.807, 2.05) is 60.7 Å². The van der Waals surface area contributed by atoms with Gasteiger partial charge in [-0.1, -0.05) is 49.2 Å². The topological polar surface area (TPSA) is 79.1 Å². The maximum Gasteiger partial charge on any atom is 0.269 e. The molecule has 3 aromatic rings. The fourth-order valence-corrected chi connectivity index (χ4v) is 5.97. The molecular weight excluding hydrogens is 448 g/mol. The van der Waals surface area contributed by atoms with Crippen LogP contribution in [0.1, 0.15) is 25.7 Å². The summed E-state index contributed by atoms with van der Waals surface area (Å²) in [6.07, 6.45) is 3.54. The van der Waals surface area contributed by atoms with Crippen LogP contribution in [0.5, 0.6) is 0 Å². The van der Waals surface area contributed by atoms with E-state index >= 15 is 0 Å². The summed E-state index contributed by atoms with van der Waals surface area (Å²) in [5.74, 6) is 0. The molecule has 3 aliphatic rings. The molecule has 0 unspecified atom stereocenters. The molecule has 2 aliphatic heterocycles. The molecule has 6 rings (SSSR count). The molecule has 1 saturated heterocycles. The third-order valence-electron chi connectivity index (χ3n) is 6.90. The van der Waals surface area contributed by atoms with Crippen LogP contribution in [0.15, 0.2) is 90.0 Å². The van der Waals surface area contributed by atoms with Gasteiger partial charge >= 0.3 is 0 Å². The normalized spacial score (nSPS) is 25.4. The Hall–Kier alpha value is -3.85. The van der Waals surface area contributed by atoms with Crippen molar-refractivity contribution in [1.29, 1.82) is 0 Å². The quantitative estimate of drug-likeness (QED) is 0.194. The van der Waals surface area contributed by atoms with E-state index in [4.69, 9.17) is 22.8 Å². The molecule has 2 fully saturated rings. The molecule has 0 amide bonds. The summed E-state index contributed by atoms with van der Waals surface area (Å²) in [6, 6.07) is 26.5. The number of anilines is 2. The van der Waals surface area contributed by atoms with Crippen LogP contribution >= 0.6 is 12.2 Å². The predicted molar refractivity (Wildman–Crippen MR) is 133 cm³/mol. The van der Waals surface area contributed by atoms with E-state index in [0.29, 0.717) is 5.11 Å². The Labute approximate surface area is 202 Å². The van der Waals surface area contributed by atoms with Gasteiger partial charge in [-0.2, -0.15) is 10.5 Å². The van der Waals surface area contributed by atoms with E-state index in [1.165, 1.54) is 12.1 Å². The summed E-state index contributed by atoms with van der Waals surface area (Å²) in [5, 5.41) is 17.1. The Morgan fingerprint density at radius 3 is 2.18 bits per heavy atom. The minimum Gasteiger partial charge on any atom is -0.305 e. The maximum absolute atomic E-state index is 11.3. The number of rotatable bonds is 4. The second-order valence-corrected chi connectivity index (χ2v) is 9.09. The second kappa shape index (κ2) is 7.59. The lowest BCUT2D eigenvalue weighted by Gasteiger charge is -2.48. The van der Waals surface area contributed by atoms with E-state index in [0.717, 1.165) is 42.7 Å². The Morgan fingerprint density at radius 1 is 0.882 bits per heavy atom. The number of non-ortho nitro benzene ring substituents is 1. The molecule has 0 aromatic heterocycles. The lowest BCUT2D eigenvalue weighted by atomic mass is 9.79. The molecule has 1 aliphatic carbocycles. The predicted octanol–water partition coefficient (Wildman–Crippen LogP) is 6.27. The van der Waals surface area contributed by atoms with Crippen molar-refractivity contribution in [2.45, 2.75) is 37.0 Å². The first kappa shape index (κ1) is 20.7. The number of nitrogens with zero attached hydrogens (tertiary/aromatic N) is 6. The highest BCUT2D eigenvalue weighted by Crippen LogP contribution is 2.60. The molecule has 9 heteroatoms. The summed E-state index contributed by atoms with van der Waals surface area (Å²) in [4.78, 5) is 16.8. The Morgan fingerprint density at radius 2 is 1.50 bits per heavy atom. The van der Waals surface area contributed by atoms with Gasteiger partial charge < -0.3 is 9.80 Å². The Kier molecular flexibility index (Phi) is 4.63. The highest BCUT2D eigenvalue weighted by atomic mass is 32.1. The van der Waals surface area contributed by atoms with Crippen LogP contribution in [-0.4, -0.2) is 26.2 Å². The van der Waals surface area contributed by atoms with Crippen molar-refractivity contribution >= 4 is 40.1 Å². The number of benzene rings is 3. The number of hydrogen-bond donors (Lipinski definition) is 0. The molecule has 2 heterocycles. The van der Waals surface area contributed by atoms with Crippen LogP contribution in [-0.2, 0) is 0 Å². The lowest BCUT2D eigenvalue weighted by molar-refractivity contribution is -0.456. The molecule has 3 aromatic carbocycles. The van der Waals surface area contributed by atoms with Gasteiger partial charge in [-0.25, -0.2) is 0 Å². The largest absolute Gasteiger partial charge is 0.305 e. The molecule has 0 bridgehead atoms. The van der Waals surface area contributed by atoms with E-state index < -0.39 is 16.2 Å².